The van der Waals surface area contributed by atoms with Gasteiger partial charge in [-0.2, -0.15) is 5.10 Å². The molecule has 22 heavy (non-hydrogen) atoms. The first-order valence-corrected chi connectivity index (χ1v) is 7.97. The number of hydrogen-bond donors (Lipinski definition) is 1. The van der Waals surface area contributed by atoms with Gasteiger partial charge in [-0.15, -0.1) is 11.3 Å². The van der Waals surface area contributed by atoms with Crippen molar-refractivity contribution in [1.29, 1.82) is 0 Å². The van der Waals surface area contributed by atoms with Gasteiger partial charge in [-0.25, -0.2) is 4.68 Å². The lowest BCUT2D eigenvalue weighted by atomic mass is 10.2. The molecule has 0 saturated carbocycles. The fraction of sp³-hybridized carbons (Fsp3) is 0.200. The standard InChI is InChI=1S/C15H14ClN3O2S/c1-2-21-9-19-8-10(7-17-19)18-15(20)14-13(16)11-5-3-4-6-12(11)22-14/h3-8H,2,9H2,1H3,(H,18,20). The number of hydrogen-bond acceptors (Lipinski definition) is 4. The fourth-order valence-electron chi connectivity index (χ4n) is 2.03. The van der Waals surface area contributed by atoms with E-state index in [4.69, 9.17) is 16.3 Å². The number of benzene rings is 1. The molecule has 114 valence electrons. The molecule has 3 rings (SSSR count). The predicted octanol–water partition coefficient (Wildman–Crippen LogP) is 4.00. The lowest BCUT2D eigenvalue weighted by molar-refractivity contribution is 0.0792. The second-order valence-corrected chi connectivity index (χ2v) is 6.02. The quantitative estimate of drug-likeness (QED) is 0.766. The van der Waals surface area contributed by atoms with Gasteiger partial charge in [0, 0.05) is 16.7 Å². The highest BCUT2D eigenvalue weighted by Crippen LogP contribution is 2.35. The second-order valence-electron chi connectivity index (χ2n) is 4.59. The van der Waals surface area contributed by atoms with Crippen molar-refractivity contribution in [1.82, 2.24) is 9.78 Å². The van der Waals surface area contributed by atoms with E-state index in [9.17, 15) is 4.79 Å². The molecule has 0 saturated heterocycles. The summed E-state index contributed by atoms with van der Waals surface area (Å²) in [4.78, 5) is 12.9. The van der Waals surface area contributed by atoms with E-state index in [0.29, 0.717) is 28.9 Å². The first-order chi connectivity index (χ1) is 10.7. The fourth-order valence-corrected chi connectivity index (χ4v) is 3.44. The highest BCUT2D eigenvalue weighted by Gasteiger charge is 2.17. The second kappa shape index (κ2) is 6.48. The molecule has 2 aromatic heterocycles. The van der Waals surface area contributed by atoms with Crippen LogP contribution in [0.3, 0.4) is 0 Å². The topological polar surface area (TPSA) is 56.1 Å². The summed E-state index contributed by atoms with van der Waals surface area (Å²) < 4.78 is 7.86. The van der Waals surface area contributed by atoms with E-state index in [1.807, 2.05) is 31.2 Å². The third-order valence-electron chi connectivity index (χ3n) is 3.06. The molecule has 3 aromatic rings. The SMILES string of the molecule is CCOCn1cc(NC(=O)c2sc3ccccc3c2Cl)cn1. The van der Waals surface area contributed by atoms with Gasteiger partial charge in [0.1, 0.15) is 11.6 Å². The number of anilines is 1. The minimum atomic E-state index is -0.234. The number of nitrogens with one attached hydrogen (secondary N) is 1. The van der Waals surface area contributed by atoms with Crippen LogP contribution in [0.1, 0.15) is 16.6 Å². The van der Waals surface area contributed by atoms with E-state index in [2.05, 4.69) is 10.4 Å². The summed E-state index contributed by atoms with van der Waals surface area (Å²) in [6.45, 7) is 2.88. The van der Waals surface area contributed by atoms with Crippen LogP contribution in [0.4, 0.5) is 5.69 Å². The monoisotopic (exact) mass is 335 g/mol. The molecule has 2 heterocycles. The largest absolute Gasteiger partial charge is 0.360 e. The number of thiophene rings is 1. The molecule has 1 amide bonds. The minimum Gasteiger partial charge on any atom is -0.360 e. The summed E-state index contributed by atoms with van der Waals surface area (Å²) in [5.41, 5.74) is 0.609. The van der Waals surface area contributed by atoms with E-state index >= 15 is 0 Å². The number of aromatic nitrogens is 2. The smallest absolute Gasteiger partial charge is 0.267 e. The molecule has 0 bridgehead atoms. The van der Waals surface area contributed by atoms with Crippen LogP contribution in [0.25, 0.3) is 10.1 Å². The third kappa shape index (κ3) is 2.99. The van der Waals surface area contributed by atoms with Gasteiger partial charge in [0.2, 0.25) is 0 Å². The summed E-state index contributed by atoms with van der Waals surface area (Å²) in [5, 5.41) is 8.30. The molecular weight excluding hydrogens is 322 g/mol. The molecule has 0 fully saturated rings. The van der Waals surface area contributed by atoms with Crippen molar-refractivity contribution in [3.63, 3.8) is 0 Å². The highest BCUT2D eigenvalue weighted by atomic mass is 35.5. The first-order valence-electron chi connectivity index (χ1n) is 6.77. The number of halogens is 1. The zero-order chi connectivity index (χ0) is 15.5. The minimum absolute atomic E-state index is 0.234. The molecule has 0 aliphatic heterocycles. The van der Waals surface area contributed by atoms with Crippen molar-refractivity contribution >= 4 is 44.6 Å². The van der Waals surface area contributed by atoms with Gasteiger partial charge in [-0.3, -0.25) is 4.79 Å². The van der Waals surface area contributed by atoms with Gasteiger partial charge in [-0.1, -0.05) is 29.8 Å². The van der Waals surface area contributed by atoms with Crippen LogP contribution < -0.4 is 5.32 Å². The van der Waals surface area contributed by atoms with Crippen LogP contribution in [-0.4, -0.2) is 22.3 Å². The van der Waals surface area contributed by atoms with E-state index in [-0.39, 0.29) is 5.91 Å². The lowest BCUT2D eigenvalue weighted by Gasteiger charge is -2.01. The summed E-state index contributed by atoms with van der Waals surface area (Å²) in [7, 11) is 0. The zero-order valence-corrected chi connectivity index (χ0v) is 13.4. The van der Waals surface area contributed by atoms with Gasteiger partial charge in [0.05, 0.1) is 23.1 Å². The molecule has 0 spiro atoms. The van der Waals surface area contributed by atoms with Crippen LogP contribution in [0.2, 0.25) is 5.02 Å². The Morgan fingerprint density at radius 3 is 3.05 bits per heavy atom. The van der Waals surface area contributed by atoms with Crippen LogP contribution in [0.15, 0.2) is 36.7 Å². The van der Waals surface area contributed by atoms with E-state index in [0.717, 1.165) is 10.1 Å². The van der Waals surface area contributed by atoms with Gasteiger partial charge < -0.3 is 10.1 Å². The van der Waals surface area contributed by atoms with Crippen LogP contribution in [0, 0.1) is 0 Å². The Bertz CT molecular complexity index is 812. The van der Waals surface area contributed by atoms with Gasteiger partial charge >= 0.3 is 0 Å². The number of carbonyl (C=O) groups excluding carboxylic acids is 1. The lowest BCUT2D eigenvalue weighted by Crippen LogP contribution is -2.10. The van der Waals surface area contributed by atoms with Crippen molar-refractivity contribution < 1.29 is 9.53 Å². The third-order valence-corrected chi connectivity index (χ3v) is 4.73. The Morgan fingerprint density at radius 1 is 1.45 bits per heavy atom. The van der Waals surface area contributed by atoms with E-state index in [1.165, 1.54) is 11.3 Å². The van der Waals surface area contributed by atoms with Crippen molar-refractivity contribution in [3.05, 3.63) is 46.6 Å². The van der Waals surface area contributed by atoms with Crippen LogP contribution in [-0.2, 0) is 11.5 Å². The molecular formula is C15H14ClN3O2S. The Labute approximate surface area is 136 Å². The number of carbonyl (C=O) groups is 1. The van der Waals surface area contributed by atoms with Gasteiger partial charge in [0.25, 0.3) is 5.91 Å². The van der Waals surface area contributed by atoms with Crippen molar-refractivity contribution in [3.8, 4) is 0 Å². The number of fused-ring (bicyclic) bond motifs is 1. The van der Waals surface area contributed by atoms with E-state index < -0.39 is 0 Å². The van der Waals surface area contributed by atoms with Crippen LogP contribution >= 0.6 is 22.9 Å². The number of rotatable bonds is 5. The van der Waals surface area contributed by atoms with Gasteiger partial charge in [-0.05, 0) is 13.0 Å². The Morgan fingerprint density at radius 2 is 2.27 bits per heavy atom. The molecule has 0 atom stereocenters. The molecule has 7 heteroatoms. The average Bonchev–Trinajstić information content (AvgIpc) is 3.10. The molecule has 5 nitrogen and oxygen atoms in total. The van der Waals surface area contributed by atoms with Crippen molar-refractivity contribution in [2.45, 2.75) is 13.7 Å². The summed E-state index contributed by atoms with van der Waals surface area (Å²) in [6.07, 6.45) is 3.30. The Balaban J connectivity index is 1.78. The molecule has 0 aliphatic carbocycles. The van der Waals surface area contributed by atoms with Crippen molar-refractivity contribution in [2.75, 3.05) is 11.9 Å². The number of nitrogens with zero attached hydrogens (tertiary/aromatic N) is 2. The summed E-state index contributed by atoms with van der Waals surface area (Å²) >= 11 is 7.68. The normalized spacial score (nSPS) is 11.0. The first kappa shape index (κ1) is 15.0. The summed E-state index contributed by atoms with van der Waals surface area (Å²) in [5.74, 6) is -0.234. The Kier molecular flexibility index (Phi) is 4.42. The molecule has 1 N–H and O–H groups in total. The predicted molar refractivity (Wildman–Crippen MR) is 88.6 cm³/mol. The average molecular weight is 336 g/mol. The molecule has 0 radical (unpaired) electrons. The number of ether oxygens (including phenoxy) is 1. The molecule has 0 aliphatic rings. The van der Waals surface area contributed by atoms with Crippen LogP contribution in [0.5, 0.6) is 0 Å². The summed E-state index contributed by atoms with van der Waals surface area (Å²) in [6, 6.07) is 7.68. The Hall–Kier alpha value is -1.89. The molecule has 0 unspecified atom stereocenters. The molecule has 1 aromatic carbocycles. The van der Waals surface area contributed by atoms with Crippen molar-refractivity contribution in [2.24, 2.45) is 0 Å². The number of amides is 1. The van der Waals surface area contributed by atoms with Gasteiger partial charge in [0.15, 0.2) is 0 Å². The van der Waals surface area contributed by atoms with E-state index in [1.54, 1.807) is 17.1 Å². The highest BCUT2D eigenvalue weighted by molar-refractivity contribution is 7.21. The maximum atomic E-state index is 12.4. The zero-order valence-electron chi connectivity index (χ0n) is 11.9. The maximum absolute atomic E-state index is 12.4. The maximum Gasteiger partial charge on any atom is 0.267 e.